The summed E-state index contributed by atoms with van der Waals surface area (Å²) in [7, 11) is 1.89. The van der Waals surface area contributed by atoms with Crippen LogP contribution >= 0.6 is 0 Å². The summed E-state index contributed by atoms with van der Waals surface area (Å²) in [5.74, 6) is 0.870. The lowest BCUT2D eigenvalue weighted by Gasteiger charge is -2.05. The first-order valence-corrected chi connectivity index (χ1v) is 5.67. The third kappa shape index (κ3) is 3.32. The van der Waals surface area contributed by atoms with Gasteiger partial charge in [0.15, 0.2) is 0 Å². The monoisotopic (exact) mass is 231 g/mol. The molecule has 0 unspecified atom stereocenters. The fourth-order valence-electron chi connectivity index (χ4n) is 1.63. The molecule has 2 aromatic rings. The summed E-state index contributed by atoms with van der Waals surface area (Å²) in [5.41, 5.74) is 7.80. The maximum absolute atomic E-state index is 5.65. The average Bonchev–Trinajstić information content (AvgIpc) is 2.75. The molecule has 1 aromatic heterocycles. The third-order valence-corrected chi connectivity index (χ3v) is 2.52. The molecule has 17 heavy (non-hydrogen) atoms. The molecule has 4 nitrogen and oxygen atoms in total. The molecule has 0 aliphatic heterocycles. The van der Waals surface area contributed by atoms with Crippen LogP contribution in [0.5, 0.6) is 5.75 Å². The van der Waals surface area contributed by atoms with E-state index in [0.29, 0.717) is 13.2 Å². The van der Waals surface area contributed by atoms with Gasteiger partial charge in [0, 0.05) is 18.8 Å². The maximum Gasteiger partial charge on any atom is 0.119 e. The molecular weight excluding hydrogens is 214 g/mol. The minimum atomic E-state index is 0.546. The second kappa shape index (κ2) is 5.50. The number of hydrogen-bond acceptors (Lipinski definition) is 3. The van der Waals surface area contributed by atoms with Gasteiger partial charge in [-0.2, -0.15) is 5.10 Å². The van der Waals surface area contributed by atoms with Crippen LogP contribution in [0.2, 0.25) is 0 Å². The van der Waals surface area contributed by atoms with Crippen molar-refractivity contribution < 1.29 is 4.74 Å². The van der Waals surface area contributed by atoms with E-state index >= 15 is 0 Å². The lowest BCUT2D eigenvalue weighted by Crippen LogP contribution is -2.02. The molecule has 2 rings (SSSR count). The van der Waals surface area contributed by atoms with Crippen LogP contribution in [0.3, 0.4) is 0 Å². The maximum atomic E-state index is 5.65. The summed E-state index contributed by atoms with van der Waals surface area (Å²) in [6.45, 7) is 1.22. The van der Waals surface area contributed by atoms with Crippen molar-refractivity contribution in [3.05, 3.63) is 47.8 Å². The van der Waals surface area contributed by atoms with Crippen molar-refractivity contribution in [1.29, 1.82) is 0 Å². The smallest absolute Gasteiger partial charge is 0.119 e. The van der Waals surface area contributed by atoms with Crippen LogP contribution < -0.4 is 10.5 Å². The molecule has 90 valence electrons. The van der Waals surface area contributed by atoms with Crippen LogP contribution in [0.4, 0.5) is 0 Å². The molecule has 4 heteroatoms. The normalized spacial score (nSPS) is 10.5. The molecule has 0 atom stereocenters. The minimum Gasteiger partial charge on any atom is -0.489 e. The number of aromatic nitrogens is 2. The van der Waals surface area contributed by atoms with Gasteiger partial charge in [-0.15, -0.1) is 0 Å². The van der Waals surface area contributed by atoms with Gasteiger partial charge < -0.3 is 10.5 Å². The molecule has 1 aromatic carbocycles. The zero-order chi connectivity index (χ0) is 12.1. The van der Waals surface area contributed by atoms with E-state index in [4.69, 9.17) is 10.5 Å². The number of nitrogens with zero attached hydrogens (tertiary/aromatic N) is 2. The second-order valence-electron chi connectivity index (χ2n) is 3.99. The molecule has 0 fully saturated rings. The van der Waals surface area contributed by atoms with Gasteiger partial charge in [0.25, 0.3) is 0 Å². The van der Waals surface area contributed by atoms with Crippen molar-refractivity contribution in [1.82, 2.24) is 9.78 Å². The summed E-state index contributed by atoms with van der Waals surface area (Å²) < 4.78 is 7.42. The van der Waals surface area contributed by atoms with Gasteiger partial charge in [0.1, 0.15) is 12.4 Å². The predicted octanol–water partition coefficient (Wildman–Crippen LogP) is 1.50. The van der Waals surface area contributed by atoms with Gasteiger partial charge in [-0.05, 0) is 30.7 Å². The predicted molar refractivity (Wildman–Crippen MR) is 66.7 cm³/mol. The number of aryl methyl sites for hydroxylation is 1. The average molecular weight is 231 g/mol. The number of benzene rings is 1. The quantitative estimate of drug-likeness (QED) is 0.848. The fraction of sp³-hybridized carbons (Fsp3) is 0.308. The van der Waals surface area contributed by atoms with Gasteiger partial charge in [-0.1, -0.05) is 12.1 Å². The molecule has 0 aliphatic carbocycles. The Labute approximate surface area is 101 Å². The first kappa shape index (κ1) is 11.7. The van der Waals surface area contributed by atoms with E-state index in [1.807, 2.05) is 43.7 Å². The third-order valence-electron chi connectivity index (χ3n) is 2.52. The molecule has 2 N–H and O–H groups in total. The summed E-state index contributed by atoms with van der Waals surface area (Å²) in [6.07, 6.45) is 4.66. The molecule has 0 spiro atoms. The van der Waals surface area contributed by atoms with Gasteiger partial charge in [-0.3, -0.25) is 4.68 Å². The van der Waals surface area contributed by atoms with E-state index in [2.05, 4.69) is 5.10 Å². The summed E-state index contributed by atoms with van der Waals surface area (Å²) >= 11 is 0. The fourth-order valence-corrected chi connectivity index (χ4v) is 1.63. The summed E-state index contributed by atoms with van der Waals surface area (Å²) in [6, 6.07) is 8.04. The highest BCUT2D eigenvalue weighted by atomic mass is 16.5. The zero-order valence-corrected chi connectivity index (χ0v) is 9.97. The molecule has 1 heterocycles. The lowest BCUT2D eigenvalue weighted by atomic mass is 10.1. The number of nitrogens with two attached hydrogens (primary N) is 1. The number of hydrogen-bond donors (Lipinski definition) is 1. The van der Waals surface area contributed by atoms with Crippen molar-refractivity contribution in [3.63, 3.8) is 0 Å². The van der Waals surface area contributed by atoms with Crippen LogP contribution in [0.15, 0.2) is 36.7 Å². The van der Waals surface area contributed by atoms with Crippen molar-refractivity contribution in [2.24, 2.45) is 12.8 Å². The van der Waals surface area contributed by atoms with Gasteiger partial charge in [0.2, 0.25) is 0 Å². The van der Waals surface area contributed by atoms with Crippen molar-refractivity contribution >= 4 is 0 Å². The Morgan fingerprint density at radius 1 is 1.24 bits per heavy atom. The molecule has 0 aliphatic rings. The highest BCUT2D eigenvalue weighted by Gasteiger charge is 1.98. The van der Waals surface area contributed by atoms with Crippen LogP contribution in [-0.4, -0.2) is 16.3 Å². The Morgan fingerprint density at radius 3 is 2.59 bits per heavy atom. The Kier molecular flexibility index (Phi) is 3.77. The molecule has 0 radical (unpaired) electrons. The van der Waals surface area contributed by atoms with E-state index in [1.54, 1.807) is 4.68 Å². The van der Waals surface area contributed by atoms with Crippen LogP contribution in [0, 0.1) is 0 Å². The molecule has 0 saturated carbocycles. The minimum absolute atomic E-state index is 0.546. The highest BCUT2D eigenvalue weighted by Crippen LogP contribution is 2.14. The standard InChI is InChI=1S/C13H17N3O/c1-16-9-12(8-15-16)10-17-13-4-2-11(3-5-13)6-7-14/h2-5,8-9H,6-7,10,14H2,1H3. The van der Waals surface area contributed by atoms with Crippen LogP contribution in [-0.2, 0) is 20.1 Å². The topological polar surface area (TPSA) is 53.1 Å². The van der Waals surface area contributed by atoms with Gasteiger partial charge in [0.05, 0.1) is 6.20 Å². The van der Waals surface area contributed by atoms with Gasteiger partial charge >= 0.3 is 0 Å². The summed E-state index contributed by atoms with van der Waals surface area (Å²) in [5, 5.41) is 4.09. The Morgan fingerprint density at radius 2 is 2.00 bits per heavy atom. The number of rotatable bonds is 5. The van der Waals surface area contributed by atoms with Crippen molar-refractivity contribution in [2.75, 3.05) is 6.54 Å². The first-order chi connectivity index (χ1) is 8.28. The van der Waals surface area contributed by atoms with Crippen LogP contribution in [0.25, 0.3) is 0 Å². The van der Waals surface area contributed by atoms with E-state index < -0.39 is 0 Å². The number of ether oxygens (including phenoxy) is 1. The molecule has 0 bridgehead atoms. The zero-order valence-electron chi connectivity index (χ0n) is 9.97. The first-order valence-electron chi connectivity index (χ1n) is 5.67. The molecular formula is C13H17N3O. The SMILES string of the molecule is Cn1cc(COc2ccc(CCN)cc2)cn1. The van der Waals surface area contributed by atoms with E-state index in [-0.39, 0.29) is 0 Å². The largest absolute Gasteiger partial charge is 0.489 e. The summed E-state index contributed by atoms with van der Waals surface area (Å²) in [4.78, 5) is 0. The Bertz CT molecular complexity index is 462. The van der Waals surface area contributed by atoms with E-state index in [1.165, 1.54) is 5.56 Å². The van der Waals surface area contributed by atoms with Crippen LogP contribution in [0.1, 0.15) is 11.1 Å². The van der Waals surface area contributed by atoms with E-state index in [9.17, 15) is 0 Å². The Hall–Kier alpha value is -1.81. The van der Waals surface area contributed by atoms with Crippen molar-refractivity contribution in [3.8, 4) is 5.75 Å². The highest BCUT2D eigenvalue weighted by molar-refractivity contribution is 5.27. The molecule has 0 saturated heterocycles. The Balaban J connectivity index is 1.90. The van der Waals surface area contributed by atoms with E-state index in [0.717, 1.165) is 17.7 Å². The second-order valence-corrected chi connectivity index (χ2v) is 3.99. The lowest BCUT2D eigenvalue weighted by molar-refractivity contribution is 0.306. The van der Waals surface area contributed by atoms with Gasteiger partial charge in [-0.25, -0.2) is 0 Å². The van der Waals surface area contributed by atoms with Crippen molar-refractivity contribution in [2.45, 2.75) is 13.0 Å². The molecule has 0 amide bonds.